The second kappa shape index (κ2) is 13.5. The Labute approximate surface area is 175 Å². The summed E-state index contributed by atoms with van der Waals surface area (Å²) in [5, 5.41) is 0. The monoisotopic (exact) mass is 662 g/mol. The summed E-state index contributed by atoms with van der Waals surface area (Å²) in [5.41, 5.74) is 0. The lowest BCUT2D eigenvalue weighted by atomic mass is 10.3. The van der Waals surface area contributed by atoms with Crippen molar-refractivity contribution >= 4 is 77.0 Å². The van der Waals surface area contributed by atoms with E-state index in [-0.39, 0.29) is 0 Å². The van der Waals surface area contributed by atoms with Crippen LogP contribution in [0, 0.1) is 0 Å². The summed E-state index contributed by atoms with van der Waals surface area (Å²) in [5.74, 6) is 1.39. The molecule has 0 bridgehead atoms. The van der Waals surface area contributed by atoms with Crippen molar-refractivity contribution in [3.8, 4) is 11.5 Å². The minimum Gasteiger partial charge on any atom is -0.487 e. The van der Waals surface area contributed by atoms with E-state index in [1.165, 1.54) is 0 Å². The third-order valence-electron chi connectivity index (χ3n) is 2.40. The Morgan fingerprint density at radius 2 is 1.09 bits per heavy atom. The molecule has 0 heterocycles. The number of benzene rings is 1. The van der Waals surface area contributed by atoms with Crippen molar-refractivity contribution in [3.05, 3.63) is 21.1 Å². The van der Waals surface area contributed by atoms with Crippen LogP contribution in [0.2, 0.25) is 0 Å². The Balaban J connectivity index is 2.51. The van der Waals surface area contributed by atoms with Crippen LogP contribution < -0.4 is 9.47 Å². The van der Waals surface area contributed by atoms with Gasteiger partial charge in [-0.2, -0.15) is 0 Å². The topological polar surface area (TPSA) is 36.9 Å². The van der Waals surface area contributed by atoms with Gasteiger partial charge in [-0.1, -0.05) is 45.2 Å². The smallest absolute Gasteiger partial charge is 0.162 e. The van der Waals surface area contributed by atoms with E-state index in [1.54, 1.807) is 0 Å². The summed E-state index contributed by atoms with van der Waals surface area (Å²) in [7, 11) is 0. The number of alkyl halides is 2. The molecule has 22 heavy (non-hydrogen) atoms. The van der Waals surface area contributed by atoms with Crippen LogP contribution in [0.5, 0.6) is 11.5 Å². The van der Waals surface area contributed by atoms with Crippen molar-refractivity contribution < 1.29 is 18.9 Å². The first kappa shape index (κ1) is 21.2. The minimum absolute atomic E-state index is 0.492. The van der Waals surface area contributed by atoms with E-state index in [0.717, 1.165) is 31.0 Å². The van der Waals surface area contributed by atoms with Crippen molar-refractivity contribution in [2.45, 2.75) is 0 Å². The van der Waals surface area contributed by atoms with E-state index in [2.05, 4.69) is 77.0 Å². The van der Waals surface area contributed by atoms with Crippen LogP contribution in [0.4, 0.5) is 0 Å². The quantitative estimate of drug-likeness (QED) is 0.182. The second-order valence-electron chi connectivity index (χ2n) is 4.01. The molecule has 1 aromatic carbocycles. The van der Waals surface area contributed by atoms with Crippen molar-refractivity contribution in [3.63, 3.8) is 0 Å². The standard InChI is InChI=1S/C14H18Br2I2O4/c15-11-9-13(21-7-5-19-3-1-17)14(10-12(11)16)22-8-6-20-4-2-18/h9-10H,1-8H2. The lowest BCUT2D eigenvalue weighted by molar-refractivity contribution is 0.103. The number of hydrogen-bond acceptors (Lipinski definition) is 4. The molecule has 0 fully saturated rings. The Morgan fingerprint density at radius 3 is 1.45 bits per heavy atom. The molecule has 0 amide bonds. The molecular formula is C14H18Br2I2O4. The van der Waals surface area contributed by atoms with E-state index in [9.17, 15) is 0 Å². The second-order valence-corrected chi connectivity index (χ2v) is 7.88. The highest BCUT2D eigenvalue weighted by molar-refractivity contribution is 14.1. The lowest BCUT2D eigenvalue weighted by Crippen LogP contribution is -2.11. The zero-order valence-corrected chi connectivity index (χ0v) is 19.4. The van der Waals surface area contributed by atoms with Crippen molar-refractivity contribution in [2.75, 3.05) is 48.5 Å². The fourth-order valence-corrected chi connectivity index (χ4v) is 2.74. The van der Waals surface area contributed by atoms with Crippen molar-refractivity contribution in [1.82, 2.24) is 0 Å². The third-order valence-corrected chi connectivity index (χ3v) is 5.13. The Bertz CT molecular complexity index is 397. The summed E-state index contributed by atoms with van der Waals surface area (Å²) >= 11 is 11.5. The molecule has 0 aliphatic rings. The molecule has 0 radical (unpaired) electrons. The van der Waals surface area contributed by atoms with E-state index in [4.69, 9.17) is 18.9 Å². The minimum atomic E-state index is 0.492. The molecule has 1 aromatic rings. The van der Waals surface area contributed by atoms with Gasteiger partial charge in [0.05, 0.1) is 26.4 Å². The number of hydrogen-bond donors (Lipinski definition) is 0. The van der Waals surface area contributed by atoms with Crippen LogP contribution in [0.3, 0.4) is 0 Å². The third kappa shape index (κ3) is 8.86. The number of ether oxygens (including phenoxy) is 4. The fraction of sp³-hybridized carbons (Fsp3) is 0.571. The molecule has 0 saturated heterocycles. The van der Waals surface area contributed by atoms with Crippen LogP contribution >= 0.6 is 77.0 Å². The highest BCUT2D eigenvalue weighted by atomic mass is 127. The summed E-state index contributed by atoms with van der Waals surface area (Å²) < 4.78 is 26.1. The molecular weight excluding hydrogens is 646 g/mol. The average Bonchev–Trinajstić information content (AvgIpc) is 2.51. The molecule has 4 nitrogen and oxygen atoms in total. The van der Waals surface area contributed by atoms with Crippen molar-refractivity contribution in [1.29, 1.82) is 0 Å². The molecule has 0 N–H and O–H groups in total. The summed E-state index contributed by atoms with van der Waals surface area (Å²) in [6, 6.07) is 3.78. The molecule has 0 aromatic heterocycles. The zero-order chi connectivity index (χ0) is 16.2. The maximum Gasteiger partial charge on any atom is 0.162 e. The summed E-state index contributed by atoms with van der Waals surface area (Å²) in [6.45, 7) is 3.60. The fourth-order valence-electron chi connectivity index (χ4n) is 1.47. The zero-order valence-electron chi connectivity index (χ0n) is 12.0. The van der Waals surface area contributed by atoms with E-state index in [0.29, 0.717) is 37.9 Å². The lowest BCUT2D eigenvalue weighted by Gasteiger charge is -2.14. The van der Waals surface area contributed by atoms with Gasteiger partial charge in [-0.15, -0.1) is 0 Å². The molecule has 8 heteroatoms. The van der Waals surface area contributed by atoms with E-state index < -0.39 is 0 Å². The van der Waals surface area contributed by atoms with Gasteiger partial charge in [0.25, 0.3) is 0 Å². The highest BCUT2D eigenvalue weighted by Gasteiger charge is 2.10. The molecule has 0 saturated carbocycles. The first-order valence-corrected chi connectivity index (χ1v) is 11.3. The largest absolute Gasteiger partial charge is 0.487 e. The van der Waals surface area contributed by atoms with Crippen LogP contribution in [-0.4, -0.2) is 48.5 Å². The van der Waals surface area contributed by atoms with E-state index in [1.807, 2.05) is 12.1 Å². The maximum absolute atomic E-state index is 5.75. The van der Waals surface area contributed by atoms with Crippen molar-refractivity contribution in [2.24, 2.45) is 0 Å². The summed E-state index contributed by atoms with van der Waals surface area (Å²) in [6.07, 6.45) is 0. The number of halogens is 4. The molecule has 0 unspecified atom stereocenters. The molecule has 1 rings (SSSR count). The van der Waals surface area contributed by atoms with Gasteiger partial charge in [-0.05, 0) is 44.0 Å². The van der Waals surface area contributed by atoms with Crippen LogP contribution in [-0.2, 0) is 9.47 Å². The molecule has 126 valence electrons. The Hall–Kier alpha value is 1.16. The predicted octanol–water partition coefficient (Wildman–Crippen LogP) is 4.87. The molecule has 0 aliphatic carbocycles. The summed E-state index contributed by atoms with van der Waals surface area (Å²) in [4.78, 5) is 0. The van der Waals surface area contributed by atoms with Gasteiger partial charge in [-0.3, -0.25) is 0 Å². The first-order valence-electron chi connectivity index (χ1n) is 6.71. The van der Waals surface area contributed by atoms with Gasteiger partial charge < -0.3 is 18.9 Å². The normalized spacial score (nSPS) is 10.7. The molecule has 0 aliphatic heterocycles. The Morgan fingerprint density at radius 1 is 0.682 bits per heavy atom. The first-order chi connectivity index (χ1) is 10.7. The highest BCUT2D eigenvalue weighted by Crippen LogP contribution is 2.36. The Kier molecular flexibility index (Phi) is 13.0. The van der Waals surface area contributed by atoms with Gasteiger partial charge in [0, 0.05) is 17.8 Å². The van der Waals surface area contributed by atoms with Crippen LogP contribution in [0.15, 0.2) is 21.1 Å². The van der Waals surface area contributed by atoms with Crippen LogP contribution in [0.25, 0.3) is 0 Å². The average molecular weight is 664 g/mol. The van der Waals surface area contributed by atoms with Gasteiger partial charge in [0.15, 0.2) is 11.5 Å². The maximum atomic E-state index is 5.75. The molecule has 0 spiro atoms. The SMILES string of the molecule is Brc1cc(OCCOCCI)c(OCCOCCI)cc1Br. The van der Waals surface area contributed by atoms with Gasteiger partial charge in [0.2, 0.25) is 0 Å². The van der Waals surface area contributed by atoms with E-state index >= 15 is 0 Å². The van der Waals surface area contributed by atoms with Gasteiger partial charge in [-0.25, -0.2) is 0 Å². The van der Waals surface area contributed by atoms with Crippen LogP contribution in [0.1, 0.15) is 0 Å². The number of rotatable bonds is 12. The molecule has 0 atom stereocenters. The van der Waals surface area contributed by atoms with Gasteiger partial charge in [0.1, 0.15) is 13.2 Å². The van der Waals surface area contributed by atoms with Gasteiger partial charge >= 0.3 is 0 Å². The predicted molar refractivity (Wildman–Crippen MR) is 112 cm³/mol.